The van der Waals surface area contributed by atoms with Gasteiger partial charge in [0.2, 0.25) is 0 Å². The van der Waals surface area contributed by atoms with Gasteiger partial charge in [0.15, 0.2) is 0 Å². The minimum atomic E-state index is -0.410. The molecule has 1 aliphatic rings. The van der Waals surface area contributed by atoms with E-state index in [0.29, 0.717) is 17.1 Å². The van der Waals surface area contributed by atoms with Gasteiger partial charge in [0.05, 0.1) is 0 Å². The molecule has 8 heteroatoms. The number of piperidine rings is 1. The molecule has 3 heterocycles. The highest BCUT2D eigenvalue weighted by Crippen LogP contribution is 2.19. The fraction of sp³-hybridized carbons (Fsp3) is 0.300. The van der Waals surface area contributed by atoms with Gasteiger partial charge in [-0.05, 0) is 43.9 Å². The molecule has 1 aliphatic heterocycles. The highest BCUT2D eigenvalue weighted by Gasteiger charge is 2.15. The minimum Gasteiger partial charge on any atom is -0.356 e. The maximum Gasteiger partial charge on any atom is 0.275 e. The van der Waals surface area contributed by atoms with E-state index < -0.39 is 5.91 Å². The number of aryl methyl sites for hydroxylation is 1. The second-order valence-electron chi connectivity index (χ2n) is 6.87. The first-order valence-electron chi connectivity index (χ1n) is 9.29. The molecule has 0 bridgehead atoms. The molecule has 0 saturated carbocycles. The summed E-state index contributed by atoms with van der Waals surface area (Å²) in [6.45, 7) is 3.64. The highest BCUT2D eigenvalue weighted by atomic mass is 19.1. The second-order valence-corrected chi connectivity index (χ2v) is 6.87. The number of nitrogens with zero attached hydrogens (tertiary/aromatic N) is 5. The molecule has 1 amide bonds. The summed E-state index contributed by atoms with van der Waals surface area (Å²) >= 11 is 0. The van der Waals surface area contributed by atoms with Crippen LogP contribution < -0.4 is 10.2 Å². The number of nitrogens with one attached hydrogen (secondary N) is 1. The summed E-state index contributed by atoms with van der Waals surface area (Å²) in [5.41, 5.74) is 1.13. The van der Waals surface area contributed by atoms with E-state index in [9.17, 15) is 9.18 Å². The number of amides is 1. The van der Waals surface area contributed by atoms with Gasteiger partial charge in [-0.1, -0.05) is 6.07 Å². The maximum absolute atomic E-state index is 13.7. The Morgan fingerprint density at radius 1 is 1.07 bits per heavy atom. The molecule has 2 aromatic heterocycles. The molecule has 0 unspecified atom stereocenters. The summed E-state index contributed by atoms with van der Waals surface area (Å²) in [6.07, 6.45) is 8.23. The van der Waals surface area contributed by atoms with Gasteiger partial charge in [-0.25, -0.2) is 19.3 Å². The van der Waals surface area contributed by atoms with Crippen molar-refractivity contribution in [3.8, 4) is 5.82 Å². The molecular formula is C20H21FN6O. The van der Waals surface area contributed by atoms with E-state index in [-0.39, 0.29) is 11.5 Å². The first kappa shape index (κ1) is 18.1. The lowest BCUT2D eigenvalue weighted by molar-refractivity contribution is 0.102. The molecule has 0 spiro atoms. The molecule has 3 aromatic rings. The summed E-state index contributed by atoms with van der Waals surface area (Å²) in [7, 11) is 0. The van der Waals surface area contributed by atoms with Gasteiger partial charge in [0, 0.05) is 31.0 Å². The van der Waals surface area contributed by atoms with E-state index in [1.165, 1.54) is 25.1 Å². The molecule has 1 saturated heterocycles. The normalized spacial score (nSPS) is 14.1. The molecule has 1 fully saturated rings. The van der Waals surface area contributed by atoms with Crippen molar-refractivity contribution in [2.45, 2.75) is 26.2 Å². The van der Waals surface area contributed by atoms with E-state index in [4.69, 9.17) is 0 Å². The predicted molar refractivity (Wildman–Crippen MR) is 104 cm³/mol. The third-order valence-electron chi connectivity index (χ3n) is 4.83. The highest BCUT2D eigenvalue weighted by molar-refractivity contribution is 6.02. The molecule has 1 N–H and O–H groups in total. The van der Waals surface area contributed by atoms with Crippen molar-refractivity contribution in [1.29, 1.82) is 0 Å². The van der Waals surface area contributed by atoms with Gasteiger partial charge in [-0.3, -0.25) is 9.36 Å². The standard InChI is InChI=1S/C20H21FN6O/c1-14-5-6-15(9-16(14)21)25-20(28)17-11-27(13-24-17)19-10-18(22-12-23-19)26-7-3-2-4-8-26/h5-6,9-13H,2-4,7-8H2,1H3,(H,25,28). The number of hydrogen-bond acceptors (Lipinski definition) is 5. The first-order valence-corrected chi connectivity index (χ1v) is 9.29. The van der Waals surface area contributed by atoms with Crippen LogP contribution >= 0.6 is 0 Å². The van der Waals surface area contributed by atoms with Crippen LogP contribution in [-0.2, 0) is 0 Å². The number of carbonyl (C=O) groups is 1. The van der Waals surface area contributed by atoms with Crippen LogP contribution in [0.5, 0.6) is 0 Å². The molecule has 1 aromatic carbocycles. The number of carbonyl (C=O) groups excluding carboxylic acids is 1. The SMILES string of the molecule is Cc1ccc(NC(=O)c2cn(-c3cc(N4CCCCC4)ncn3)cn2)cc1F. The van der Waals surface area contributed by atoms with Crippen molar-refractivity contribution in [2.24, 2.45) is 0 Å². The van der Waals surface area contributed by atoms with Crippen molar-refractivity contribution in [2.75, 3.05) is 23.3 Å². The largest absolute Gasteiger partial charge is 0.356 e. The van der Waals surface area contributed by atoms with Crippen LogP contribution in [0.2, 0.25) is 0 Å². The quantitative estimate of drug-likeness (QED) is 0.751. The minimum absolute atomic E-state index is 0.221. The fourth-order valence-electron chi connectivity index (χ4n) is 3.21. The Hall–Kier alpha value is -3.29. The molecule has 4 rings (SSSR count). The number of rotatable bonds is 4. The Bertz CT molecular complexity index is 996. The molecule has 7 nitrogen and oxygen atoms in total. The van der Waals surface area contributed by atoms with E-state index in [0.717, 1.165) is 31.7 Å². The van der Waals surface area contributed by atoms with Gasteiger partial charge in [0.1, 0.15) is 35.8 Å². The average Bonchev–Trinajstić information content (AvgIpc) is 3.22. The number of halogens is 1. The lowest BCUT2D eigenvalue weighted by Crippen LogP contribution is -2.30. The van der Waals surface area contributed by atoms with Gasteiger partial charge in [-0.15, -0.1) is 0 Å². The molecule has 0 atom stereocenters. The Morgan fingerprint density at radius 2 is 1.86 bits per heavy atom. The summed E-state index contributed by atoms with van der Waals surface area (Å²) in [5.74, 6) is 0.741. The Labute approximate surface area is 162 Å². The summed E-state index contributed by atoms with van der Waals surface area (Å²) in [6, 6.07) is 6.46. The third-order valence-corrected chi connectivity index (χ3v) is 4.83. The smallest absolute Gasteiger partial charge is 0.275 e. The van der Waals surface area contributed by atoms with Gasteiger partial charge >= 0.3 is 0 Å². The Morgan fingerprint density at radius 3 is 2.64 bits per heavy atom. The van der Waals surface area contributed by atoms with Gasteiger partial charge < -0.3 is 10.2 Å². The van der Waals surface area contributed by atoms with Crippen molar-refractivity contribution >= 4 is 17.4 Å². The van der Waals surface area contributed by atoms with E-state index in [2.05, 4.69) is 25.2 Å². The maximum atomic E-state index is 13.7. The third kappa shape index (κ3) is 3.85. The van der Waals surface area contributed by atoms with Crippen LogP contribution in [0.15, 0.2) is 43.1 Å². The lowest BCUT2D eigenvalue weighted by atomic mass is 10.1. The Balaban J connectivity index is 1.50. The Kier molecular flexibility index (Phi) is 5.01. The van der Waals surface area contributed by atoms with Crippen molar-refractivity contribution in [3.63, 3.8) is 0 Å². The molecule has 144 valence electrons. The molecule has 0 aliphatic carbocycles. The van der Waals surface area contributed by atoms with Crippen molar-refractivity contribution < 1.29 is 9.18 Å². The van der Waals surface area contributed by atoms with Crippen LogP contribution in [0.4, 0.5) is 15.9 Å². The number of benzene rings is 1. The van der Waals surface area contributed by atoms with Gasteiger partial charge in [-0.2, -0.15) is 0 Å². The second kappa shape index (κ2) is 7.75. The number of anilines is 2. The van der Waals surface area contributed by atoms with Crippen LogP contribution in [0.1, 0.15) is 35.3 Å². The van der Waals surface area contributed by atoms with Crippen molar-refractivity contribution in [1.82, 2.24) is 19.5 Å². The molecule has 0 radical (unpaired) electrons. The van der Waals surface area contributed by atoms with Crippen molar-refractivity contribution in [3.05, 3.63) is 60.2 Å². The van der Waals surface area contributed by atoms with E-state index in [1.807, 2.05) is 6.07 Å². The zero-order valence-corrected chi connectivity index (χ0v) is 15.6. The fourth-order valence-corrected chi connectivity index (χ4v) is 3.21. The lowest BCUT2D eigenvalue weighted by Gasteiger charge is -2.27. The van der Waals surface area contributed by atoms with Crippen LogP contribution in [-0.4, -0.2) is 38.5 Å². The zero-order valence-electron chi connectivity index (χ0n) is 15.6. The summed E-state index contributed by atoms with van der Waals surface area (Å²) in [4.78, 5) is 27.5. The predicted octanol–water partition coefficient (Wildman–Crippen LogP) is 3.35. The molecule has 28 heavy (non-hydrogen) atoms. The molecular weight excluding hydrogens is 359 g/mol. The number of hydrogen-bond donors (Lipinski definition) is 1. The summed E-state index contributed by atoms with van der Waals surface area (Å²) in [5, 5.41) is 2.66. The van der Waals surface area contributed by atoms with Crippen LogP contribution in [0.3, 0.4) is 0 Å². The summed E-state index contributed by atoms with van der Waals surface area (Å²) < 4.78 is 15.3. The van der Waals surface area contributed by atoms with Gasteiger partial charge in [0.25, 0.3) is 5.91 Å². The number of imidazole rings is 1. The van der Waals surface area contributed by atoms with E-state index in [1.54, 1.807) is 29.8 Å². The van der Waals surface area contributed by atoms with E-state index >= 15 is 0 Å². The topological polar surface area (TPSA) is 75.9 Å². The number of aromatic nitrogens is 4. The average molecular weight is 380 g/mol. The van der Waals surface area contributed by atoms with Crippen LogP contribution in [0.25, 0.3) is 5.82 Å². The van der Waals surface area contributed by atoms with Crippen LogP contribution in [0, 0.1) is 12.7 Å². The monoisotopic (exact) mass is 380 g/mol. The first-order chi connectivity index (χ1) is 13.6. The zero-order chi connectivity index (χ0) is 19.5.